The summed E-state index contributed by atoms with van der Waals surface area (Å²) in [6.45, 7) is 0.613. The summed E-state index contributed by atoms with van der Waals surface area (Å²) in [5, 5.41) is 7.44. The van der Waals surface area contributed by atoms with Crippen LogP contribution in [0.3, 0.4) is 0 Å². The van der Waals surface area contributed by atoms with Gasteiger partial charge in [0, 0.05) is 39.8 Å². The van der Waals surface area contributed by atoms with Gasteiger partial charge in [0.25, 0.3) is 0 Å². The Bertz CT molecular complexity index is 709. The average Bonchev–Trinajstić information content (AvgIpc) is 2.53. The lowest BCUT2D eigenvalue weighted by molar-refractivity contribution is 0.509. The van der Waals surface area contributed by atoms with E-state index < -0.39 is 11.6 Å². The summed E-state index contributed by atoms with van der Waals surface area (Å²) >= 11 is 19.0. The second-order valence-electron chi connectivity index (χ2n) is 4.76. The highest BCUT2D eigenvalue weighted by Gasteiger charge is 2.06. The van der Waals surface area contributed by atoms with Crippen molar-refractivity contribution in [1.82, 2.24) is 5.32 Å². The van der Waals surface area contributed by atoms with Crippen LogP contribution >= 0.6 is 47.2 Å². The fraction of sp³-hybridized carbons (Fsp3) is 0.188. The molecule has 0 bridgehead atoms. The van der Waals surface area contributed by atoms with Crippen LogP contribution in [0.1, 0.15) is 5.56 Å². The summed E-state index contributed by atoms with van der Waals surface area (Å²) in [7, 11) is 0. The first-order chi connectivity index (χ1) is 11.5. The number of rotatable bonds is 6. The Morgan fingerprint density at radius 3 is 2.46 bits per heavy atom. The van der Waals surface area contributed by atoms with Crippen molar-refractivity contribution in [3.63, 3.8) is 0 Å². The zero-order valence-electron chi connectivity index (χ0n) is 12.4. The quantitative estimate of drug-likeness (QED) is 0.489. The third kappa shape index (κ3) is 5.77. The van der Waals surface area contributed by atoms with E-state index in [1.807, 2.05) is 18.2 Å². The standard InChI is InChI=1S/C16H14Cl2F2N2S2/c17-12-2-1-3-13(18)11(12)9-24-7-6-21-16(23)22-10-4-5-14(19)15(20)8-10/h1-5,8H,6-7,9H2,(H2,21,22,23). The molecule has 0 fully saturated rings. The van der Waals surface area contributed by atoms with Crippen molar-refractivity contribution in [2.45, 2.75) is 5.75 Å². The Hall–Kier alpha value is -1.08. The van der Waals surface area contributed by atoms with Crippen molar-refractivity contribution in [1.29, 1.82) is 0 Å². The minimum absolute atomic E-state index is 0.345. The van der Waals surface area contributed by atoms with Crippen LogP contribution in [0.2, 0.25) is 10.0 Å². The first-order valence-corrected chi connectivity index (χ1v) is 9.30. The molecule has 0 heterocycles. The van der Waals surface area contributed by atoms with Gasteiger partial charge in [0.2, 0.25) is 0 Å². The molecule has 0 aliphatic rings. The van der Waals surface area contributed by atoms with Crippen LogP contribution in [-0.4, -0.2) is 17.4 Å². The molecule has 0 aliphatic carbocycles. The fourth-order valence-corrected chi connectivity index (χ4v) is 3.65. The topological polar surface area (TPSA) is 24.1 Å². The molecule has 0 atom stereocenters. The predicted molar refractivity (Wildman–Crippen MR) is 103 cm³/mol. The third-order valence-corrected chi connectivity index (χ3v) is 4.96. The molecule has 2 aromatic rings. The Morgan fingerprint density at radius 1 is 1.08 bits per heavy atom. The Morgan fingerprint density at radius 2 is 1.79 bits per heavy atom. The first kappa shape index (κ1) is 19.2. The number of hydrogen-bond donors (Lipinski definition) is 2. The Balaban J connectivity index is 1.70. The van der Waals surface area contributed by atoms with E-state index in [0.29, 0.717) is 33.1 Å². The lowest BCUT2D eigenvalue weighted by Gasteiger charge is -2.11. The van der Waals surface area contributed by atoms with Gasteiger partial charge >= 0.3 is 0 Å². The number of hydrogen-bond acceptors (Lipinski definition) is 2. The second-order valence-corrected chi connectivity index (χ2v) is 7.09. The van der Waals surface area contributed by atoms with Crippen molar-refractivity contribution < 1.29 is 8.78 Å². The minimum atomic E-state index is -0.921. The largest absolute Gasteiger partial charge is 0.362 e. The van der Waals surface area contributed by atoms with Crippen LogP contribution in [0.4, 0.5) is 14.5 Å². The van der Waals surface area contributed by atoms with Crippen molar-refractivity contribution >= 4 is 58.0 Å². The molecule has 8 heteroatoms. The van der Waals surface area contributed by atoms with Crippen LogP contribution in [0.5, 0.6) is 0 Å². The number of thiocarbonyl (C=S) groups is 1. The highest BCUT2D eigenvalue weighted by atomic mass is 35.5. The van der Waals surface area contributed by atoms with Gasteiger partial charge in [-0.05, 0) is 42.0 Å². The molecule has 128 valence electrons. The van der Waals surface area contributed by atoms with Gasteiger partial charge in [0.05, 0.1) is 0 Å². The zero-order valence-corrected chi connectivity index (χ0v) is 15.6. The zero-order chi connectivity index (χ0) is 17.5. The maximum atomic E-state index is 13.1. The molecule has 0 unspecified atom stereocenters. The third-order valence-electron chi connectivity index (χ3n) is 3.02. The highest BCUT2D eigenvalue weighted by molar-refractivity contribution is 7.98. The number of anilines is 1. The van der Waals surface area contributed by atoms with Crippen molar-refractivity contribution in [3.8, 4) is 0 Å². The molecule has 24 heavy (non-hydrogen) atoms. The summed E-state index contributed by atoms with van der Waals surface area (Å²) < 4.78 is 26.0. The lowest BCUT2D eigenvalue weighted by atomic mass is 10.2. The van der Waals surface area contributed by atoms with Gasteiger partial charge in [0.15, 0.2) is 16.7 Å². The smallest absolute Gasteiger partial charge is 0.170 e. The molecular formula is C16H14Cl2F2N2S2. The molecule has 0 saturated carbocycles. The molecule has 0 spiro atoms. The molecule has 2 nitrogen and oxygen atoms in total. The molecule has 0 amide bonds. The van der Waals surface area contributed by atoms with E-state index >= 15 is 0 Å². The van der Waals surface area contributed by atoms with Gasteiger partial charge in [-0.1, -0.05) is 29.3 Å². The van der Waals surface area contributed by atoms with E-state index in [1.54, 1.807) is 11.8 Å². The SMILES string of the molecule is Fc1ccc(NC(=S)NCCSCc2c(Cl)cccc2Cl)cc1F. The van der Waals surface area contributed by atoms with Gasteiger partial charge in [-0.25, -0.2) is 8.78 Å². The maximum Gasteiger partial charge on any atom is 0.170 e. The molecule has 2 aromatic carbocycles. The van der Waals surface area contributed by atoms with E-state index in [4.69, 9.17) is 35.4 Å². The predicted octanol–water partition coefficient (Wildman–Crippen LogP) is 5.49. The van der Waals surface area contributed by atoms with Gasteiger partial charge in [-0.3, -0.25) is 0 Å². The van der Waals surface area contributed by atoms with E-state index in [-0.39, 0.29) is 0 Å². The summed E-state index contributed by atoms with van der Waals surface area (Å²) in [4.78, 5) is 0. The monoisotopic (exact) mass is 406 g/mol. The van der Waals surface area contributed by atoms with E-state index in [0.717, 1.165) is 23.4 Å². The molecule has 0 saturated heterocycles. The average molecular weight is 407 g/mol. The molecule has 0 radical (unpaired) electrons. The second kappa shape index (κ2) is 9.42. The molecule has 0 aromatic heterocycles. The fourth-order valence-electron chi connectivity index (χ4n) is 1.83. The van der Waals surface area contributed by atoms with Crippen molar-refractivity contribution in [2.24, 2.45) is 0 Å². The number of halogens is 4. The molecular weight excluding hydrogens is 393 g/mol. The Labute approximate surface area is 158 Å². The van der Waals surface area contributed by atoms with Gasteiger partial charge in [-0.15, -0.1) is 0 Å². The van der Waals surface area contributed by atoms with Crippen LogP contribution in [0.15, 0.2) is 36.4 Å². The Kier molecular flexibility index (Phi) is 7.55. The van der Waals surface area contributed by atoms with Gasteiger partial charge < -0.3 is 10.6 Å². The number of nitrogens with one attached hydrogen (secondary N) is 2. The normalized spacial score (nSPS) is 10.5. The van der Waals surface area contributed by atoms with Crippen LogP contribution in [0, 0.1) is 11.6 Å². The summed E-state index contributed by atoms with van der Waals surface area (Å²) in [5.74, 6) is -0.339. The maximum absolute atomic E-state index is 13.1. The molecule has 0 aliphatic heterocycles. The lowest BCUT2D eigenvalue weighted by Crippen LogP contribution is -2.30. The number of thioether (sulfide) groups is 1. The van der Waals surface area contributed by atoms with Crippen molar-refractivity contribution in [2.75, 3.05) is 17.6 Å². The van der Waals surface area contributed by atoms with Crippen molar-refractivity contribution in [3.05, 3.63) is 63.6 Å². The summed E-state index contributed by atoms with van der Waals surface area (Å²) in [6.07, 6.45) is 0. The van der Waals surface area contributed by atoms with Gasteiger partial charge in [0.1, 0.15) is 0 Å². The first-order valence-electron chi connectivity index (χ1n) is 6.98. The summed E-state index contributed by atoms with van der Waals surface area (Å²) in [5.41, 5.74) is 1.30. The molecule has 2 N–H and O–H groups in total. The van der Waals surface area contributed by atoms with Crippen LogP contribution in [-0.2, 0) is 5.75 Å². The number of benzene rings is 2. The van der Waals surface area contributed by atoms with E-state index in [9.17, 15) is 8.78 Å². The van der Waals surface area contributed by atoms with Gasteiger partial charge in [-0.2, -0.15) is 11.8 Å². The summed E-state index contributed by atoms with van der Waals surface area (Å²) in [6, 6.07) is 8.94. The van der Waals surface area contributed by atoms with E-state index in [1.165, 1.54) is 6.07 Å². The van der Waals surface area contributed by atoms with E-state index in [2.05, 4.69) is 10.6 Å². The minimum Gasteiger partial charge on any atom is -0.362 e. The molecule has 2 rings (SSSR count). The van der Waals surface area contributed by atoms with Crippen LogP contribution in [0.25, 0.3) is 0 Å². The van der Waals surface area contributed by atoms with Crippen LogP contribution < -0.4 is 10.6 Å². The highest BCUT2D eigenvalue weighted by Crippen LogP contribution is 2.27.